The lowest BCUT2D eigenvalue weighted by Crippen LogP contribution is -2.44. The molecule has 0 spiro atoms. The van der Waals surface area contributed by atoms with Gasteiger partial charge in [0, 0.05) is 19.3 Å². The van der Waals surface area contributed by atoms with Gasteiger partial charge in [0.05, 0.1) is 6.61 Å². The van der Waals surface area contributed by atoms with Gasteiger partial charge in [-0.15, -0.1) is 0 Å². The molecule has 1 aromatic heterocycles. The number of hydrogen-bond donors (Lipinski definition) is 1. The van der Waals surface area contributed by atoms with Crippen LogP contribution in [0.4, 0.5) is 0 Å². The normalized spacial score (nSPS) is 23.4. The number of carbonyl (C=O) groups excluding carboxylic acids is 1. The maximum Gasteiger partial charge on any atom is 0.272 e. The van der Waals surface area contributed by atoms with Gasteiger partial charge in [0.25, 0.3) is 5.91 Å². The highest BCUT2D eigenvalue weighted by molar-refractivity contribution is 5.92. The van der Waals surface area contributed by atoms with E-state index in [1.54, 1.807) is 18.3 Å². The van der Waals surface area contributed by atoms with Gasteiger partial charge in [0.15, 0.2) is 0 Å². The Labute approximate surface area is 114 Å². The molecule has 0 aromatic carbocycles. The Kier molecular flexibility index (Phi) is 4.20. The molecular formula is C15H22N2O2. The van der Waals surface area contributed by atoms with Crippen molar-refractivity contribution in [3.05, 3.63) is 29.6 Å². The highest BCUT2D eigenvalue weighted by Gasteiger charge is 2.32. The van der Waals surface area contributed by atoms with Crippen LogP contribution in [-0.4, -0.2) is 34.0 Å². The molecule has 1 amide bonds. The van der Waals surface area contributed by atoms with E-state index in [1.165, 1.54) is 6.42 Å². The average Bonchev–Trinajstić information content (AvgIpc) is 2.46. The van der Waals surface area contributed by atoms with Gasteiger partial charge < -0.3 is 10.0 Å². The molecule has 2 heterocycles. The number of rotatable bonds is 3. The summed E-state index contributed by atoms with van der Waals surface area (Å²) in [6.07, 6.45) is 4.90. The lowest BCUT2D eigenvalue weighted by Gasteiger charge is -2.39. The fraction of sp³-hybridized carbons (Fsp3) is 0.600. The average molecular weight is 262 g/mol. The summed E-state index contributed by atoms with van der Waals surface area (Å²) in [6.45, 7) is 5.96. The maximum absolute atomic E-state index is 12.5. The van der Waals surface area contributed by atoms with Gasteiger partial charge in [-0.25, -0.2) is 0 Å². The van der Waals surface area contributed by atoms with Crippen molar-refractivity contribution < 1.29 is 9.90 Å². The number of pyridine rings is 1. The smallest absolute Gasteiger partial charge is 0.272 e. The van der Waals surface area contributed by atoms with Gasteiger partial charge in [-0.3, -0.25) is 9.78 Å². The second-order valence-electron chi connectivity index (χ2n) is 5.70. The molecule has 0 aliphatic carbocycles. The Hall–Kier alpha value is -1.42. The molecule has 1 atom stereocenters. The molecule has 1 unspecified atom stereocenters. The Balaban J connectivity index is 2.14. The molecule has 1 aromatic rings. The van der Waals surface area contributed by atoms with Crippen LogP contribution in [0, 0.1) is 5.41 Å². The summed E-state index contributed by atoms with van der Waals surface area (Å²) >= 11 is 0. The van der Waals surface area contributed by atoms with E-state index >= 15 is 0 Å². The predicted octanol–water partition coefficient (Wildman–Crippen LogP) is 2.23. The van der Waals surface area contributed by atoms with E-state index in [-0.39, 0.29) is 17.9 Å². The van der Waals surface area contributed by atoms with Crippen molar-refractivity contribution in [3.8, 4) is 0 Å². The van der Waals surface area contributed by atoms with Crippen LogP contribution >= 0.6 is 0 Å². The summed E-state index contributed by atoms with van der Waals surface area (Å²) in [5.74, 6) is -0.0188. The van der Waals surface area contributed by atoms with Crippen LogP contribution in [0.5, 0.6) is 0 Å². The fourth-order valence-corrected chi connectivity index (χ4v) is 2.63. The van der Waals surface area contributed by atoms with Crippen LogP contribution < -0.4 is 0 Å². The number of hydrogen-bond acceptors (Lipinski definition) is 3. The van der Waals surface area contributed by atoms with Crippen molar-refractivity contribution in [2.24, 2.45) is 5.41 Å². The van der Waals surface area contributed by atoms with Crippen molar-refractivity contribution in [1.29, 1.82) is 0 Å². The van der Waals surface area contributed by atoms with Crippen LogP contribution in [0.2, 0.25) is 0 Å². The molecule has 2 rings (SSSR count). The van der Waals surface area contributed by atoms with Gasteiger partial charge in [0.1, 0.15) is 5.69 Å². The van der Waals surface area contributed by atoms with Crippen LogP contribution in [0.25, 0.3) is 0 Å². The third-order valence-electron chi connectivity index (χ3n) is 4.15. The highest BCUT2D eigenvalue weighted by Crippen LogP contribution is 2.32. The monoisotopic (exact) mass is 262 g/mol. The molecule has 4 nitrogen and oxygen atoms in total. The number of amides is 1. The zero-order valence-electron chi connectivity index (χ0n) is 11.7. The summed E-state index contributed by atoms with van der Waals surface area (Å²) in [7, 11) is 0. The van der Waals surface area contributed by atoms with E-state index in [0.29, 0.717) is 5.69 Å². The van der Waals surface area contributed by atoms with Crippen molar-refractivity contribution in [3.63, 3.8) is 0 Å². The number of aromatic nitrogens is 1. The summed E-state index contributed by atoms with van der Waals surface area (Å²) in [5, 5.41) is 9.12. The van der Waals surface area contributed by atoms with E-state index in [9.17, 15) is 4.79 Å². The van der Waals surface area contributed by atoms with Crippen molar-refractivity contribution in [2.75, 3.05) is 13.1 Å². The zero-order valence-corrected chi connectivity index (χ0v) is 11.7. The predicted molar refractivity (Wildman–Crippen MR) is 73.7 cm³/mol. The number of aliphatic hydroxyl groups is 1. The lowest BCUT2D eigenvalue weighted by molar-refractivity contribution is 0.0537. The number of piperidine rings is 1. The maximum atomic E-state index is 12.5. The molecular weight excluding hydrogens is 240 g/mol. The largest absolute Gasteiger partial charge is 0.392 e. The van der Waals surface area contributed by atoms with E-state index < -0.39 is 0 Å². The summed E-state index contributed by atoms with van der Waals surface area (Å²) in [4.78, 5) is 18.5. The molecule has 104 valence electrons. The molecule has 1 N–H and O–H groups in total. The van der Waals surface area contributed by atoms with Crippen molar-refractivity contribution in [2.45, 2.75) is 39.7 Å². The fourth-order valence-electron chi connectivity index (χ4n) is 2.63. The standard InChI is InChI=1S/C15H22N2O2/c1-3-15(2)6-4-8-17(11-15)14(19)13-9-12(10-18)5-7-16-13/h5,7,9,18H,3-4,6,8,10-11H2,1-2H3. The first-order valence-corrected chi connectivity index (χ1v) is 6.93. The molecule has 0 bridgehead atoms. The molecule has 0 saturated carbocycles. The minimum atomic E-state index is -0.0600. The van der Waals surface area contributed by atoms with E-state index in [2.05, 4.69) is 18.8 Å². The summed E-state index contributed by atoms with van der Waals surface area (Å²) < 4.78 is 0. The quantitative estimate of drug-likeness (QED) is 0.908. The molecule has 1 aliphatic rings. The third kappa shape index (κ3) is 3.13. The molecule has 1 aliphatic heterocycles. The van der Waals surface area contributed by atoms with E-state index in [1.807, 2.05) is 4.90 Å². The topological polar surface area (TPSA) is 53.4 Å². The van der Waals surface area contributed by atoms with Gasteiger partial charge in [-0.2, -0.15) is 0 Å². The Morgan fingerprint density at radius 3 is 3.05 bits per heavy atom. The first-order chi connectivity index (χ1) is 9.08. The van der Waals surface area contributed by atoms with Crippen LogP contribution in [0.3, 0.4) is 0 Å². The van der Waals surface area contributed by atoms with E-state index in [4.69, 9.17) is 5.11 Å². The molecule has 4 heteroatoms. The minimum absolute atomic E-state index is 0.0188. The van der Waals surface area contributed by atoms with Gasteiger partial charge in [-0.1, -0.05) is 13.8 Å². The van der Waals surface area contributed by atoms with Crippen molar-refractivity contribution >= 4 is 5.91 Å². The number of likely N-dealkylation sites (tertiary alicyclic amines) is 1. The Bertz CT molecular complexity index is 461. The second-order valence-corrected chi connectivity index (χ2v) is 5.70. The first kappa shape index (κ1) is 14.0. The Morgan fingerprint density at radius 1 is 1.58 bits per heavy atom. The van der Waals surface area contributed by atoms with Gasteiger partial charge in [0.2, 0.25) is 0 Å². The number of nitrogens with zero attached hydrogens (tertiary/aromatic N) is 2. The lowest BCUT2D eigenvalue weighted by atomic mass is 9.79. The van der Waals surface area contributed by atoms with Crippen LogP contribution in [0.1, 0.15) is 49.2 Å². The minimum Gasteiger partial charge on any atom is -0.392 e. The number of aliphatic hydroxyl groups excluding tert-OH is 1. The number of carbonyl (C=O) groups is 1. The van der Waals surface area contributed by atoms with E-state index in [0.717, 1.165) is 31.5 Å². The second kappa shape index (κ2) is 5.70. The van der Waals surface area contributed by atoms with Gasteiger partial charge >= 0.3 is 0 Å². The van der Waals surface area contributed by atoms with Crippen LogP contribution in [-0.2, 0) is 6.61 Å². The third-order valence-corrected chi connectivity index (χ3v) is 4.15. The van der Waals surface area contributed by atoms with Crippen molar-refractivity contribution in [1.82, 2.24) is 9.88 Å². The molecule has 0 radical (unpaired) electrons. The summed E-state index contributed by atoms with van der Waals surface area (Å²) in [6, 6.07) is 3.41. The molecule has 1 fully saturated rings. The molecule has 19 heavy (non-hydrogen) atoms. The van der Waals surface area contributed by atoms with Crippen LogP contribution in [0.15, 0.2) is 18.3 Å². The summed E-state index contributed by atoms with van der Waals surface area (Å²) in [5.41, 5.74) is 1.39. The SMILES string of the molecule is CCC1(C)CCCN(C(=O)c2cc(CO)ccn2)C1. The zero-order chi connectivity index (χ0) is 13.9. The molecule has 1 saturated heterocycles. The highest BCUT2D eigenvalue weighted by atomic mass is 16.3. The first-order valence-electron chi connectivity index (χ1n) is 6.93. The Morgan fingerprint density at radius 2 is 2.37 bits per heavy atom. The van der Waals surface area contributed by atoms with Gasteiger partial charge in [-0.05, 0) is 42.4 Å².